The molecule has 0 saturated carbocycles. The van der Waals surface area contributed by atoms with Crippen LogP contribution in [0.5, 0.6) is 0 Å². The number of nitrogens with two attached hydrogens (primary N) is 1. The highest BCUT2D eigenvalue weighted by Gasteiger charge is 2.29. The maximum absolute atomic E-state index is 12.4. The predicted octanol–water partition coefficient (Wildman–Crippen LogP) is 1.98. The van der Waals surface area contributed by atoms with Gasteiger partial charge in [-0.2, -0.15) is 4.31 Å². The highest BCUT2D eigenvalue weighted by atomic mass is 79.9. The number of hydrogen-bond donors (Lipinski definition) is 1. The lowest BCUT2D eigenvalue weighted by molar-refractivity contribution is 0.320. The number of rotatable bonds is 2. The summed E-state index contributed by atoms with van der Waals surface area (Å²) >= 11 is 3.28. The van der Waals surface area contributed by atoms with Crippen LogP contribution in [0.4, 0.5) is 0 Å². The molecule has 7 heteroatoms. The molecule has 1 fully saturated rings. The van der Waals surface area contributed by atoms with Gasteiger partial charge in [-0.3, -0.25) is 0 Å². The summed E-state index contributed by atoms with van der Waals surface area (Å²) in [6.07, 6.45) is 1.45. The lowest BCUT2D eigenvalue weighted by atomic mass is 10.1. The molecular formula is C11H16BrClN2O2S. The lowest BCUT2D eigenvalue weighted by Crippen LogP contribution is -2.42. The zero-order valence-corrected chi connectivity index (χ0v) is 13.0. The van der Waals surface area contributed by atoms with E-state index < -0.39 is 10.0 Å². The van der Waals surface area contributed by atoms with Gasteiger partial charge in [0.2, 0.25) is 10.0 Å². The zero-order valence-electron chi connectivity index (χ0n) is 9.75. The standard InChI is InChI=1S/C11H15BrN2O2S.ClH/c12-10-3-1-2-4-11(10)17(15,16)14-7-5-9(13)6-8-14;/h1-4,9H,5-8,13H2;1H. The summed E-state index contributed by atoms with van der Waals surface area (Å²) in [6.45, 7) is 1.01. The number of piperidine rings is 1. The summed E-state index contributed by atoms with van der Waals surface area (Å²) in [6, 6.07) is 7.01. The molecule has 102 valence electrons. The molecule has 0 spiro atoms. The van der Waals surface area contributed by atoms with Crippen LogP contribution in [0, 0.1) is 0 Å². The Morgan fingerprint density at radius 3 is 2.33 bits per heavy atom. The molecule has 1 heterocycles. The first-order valence-corrected chi connectivity index (χ1v) is 7.75. The monoisotopic (exact) mass is 354 g/mol. The Morgan fingerprint density at radius 1 is 1.22 bits per heavy atom. The first-order valence-electron chi connectivity index (χ1n) is 5.52. The molecule has 1 aliphatic heterocycles. The van der Waals surface area contributed by atoms with Crippen LogP contribution in [-0.2, 0) is 10.0 Å². The van der Waals surface area contributed by atoms with Crippen LogP contribution < -0.4 is 5.73 Å². The first-order chi connectivity index (χ1) is 8.01. The van der Waals surface area contributed by atoms with Gasteiger partial charge in [0.15, 0.2) is 0 Å². The number of hydrogen-bond acceptors (Lipinski definition) is 3. The summed E-state index contributed by atoms with van der Waals surface area (Å²) in [4.78, 5) is 0.329. The molecule has 0 radical (unpaired) electrons. The minimum absolute atomic E-state index is 0. The van der Waals surface area contributed by atoms with Crippen molar-refractivity contribution in [3.8, 4) is 0 Å². The minimum Gasteiger partial charge on any atom is -0.328 e. The second kappa shape index (κ2) is 6.34. The second-order valence-electron chi connectivity index (χ2n) is 4.17. The van der Waals surface area contributed by atoms with E-state index in [0.29, 0.717) is 22.5 Å². The quantitative estimate of drug-likeness (QED) is 0.882. The van der Waals surface area contributed by atoms with Gasteiger partial charge in [0.05, 0.1) is 4.90 Å². The van der Waals surface area contributed by atoms with Crippen molar-refractivity contribution in [2.24, 2.45) is 5.73 Å². The fraction of sp³-hybridized carbons (Fsp3) is 0.455. The molecule has 0 amide bonds. The normalized spacial score (nSPS) is 18.3. The molecule has 2 N–H and O–H groups in total. The largest absolute Gasteiger partial charge is 0.328 e. The molecule has 0 unspecified atom stereocenters. The third kappa shape index (κ3) is 3.24. The van der Waals surface area contributed by atoms with Crippen LogP contribution in [-0.4, -0.2) is 31.9 Å². The van der Waals surface area contributed by atoms with Crippen molar-refractivity contribution < 1.29 is 8.42 Å². The Labute approximate surface area is 122 Å². The summed E-state index contributed by atoms with van der Waals surface area (Å²) in [5, 5.41) is 0. The van der Waals surface area contributed by atoms with Gasteiger partial charge in [0, 0.05) is 23.6 Å². The molecule has 18 heavy (non-hydrogen) atoms. The summed E-state index contributed by atoms with van der Waals surface area (Å²) in [7, 11) is -3.39. The van der Waals surface area contributed by atoms with Crippen LogP contribution in [0.3, 0.4) is 0 Å². The van der Waals surface area contributed by atoms with E-state index in [0.717, 1.165) is 12.8 Å². The topological polar surface area (TPSA) is 63.4 Å². The van der Waals surface area contributed by atoms with Gasteiger partial charge in [-0.15, -0.1) is 12.4 Å². The van der Waals surface area contributed by atoms with Gasteiger partial charge in [0.25, 0.3) is 0 Å². The Balaban J connectivity index is 0.00000162. The third-order valence-corrected chi connectivity index (χ3v) is 5.86. The van der Waals surface area contributed by atoms with E-state index in [1.165, 1.54) is 4.31 Å². The van der Waals surface area contributed by atoms with Gasteiger partial charge in [-0.1, -0.05) is 12.1 Å². The van der Waals surface area contributed by atoms with Gasteiger partial charge in [-0.25, -0.2) is 8.42 Å². The Kier molecular flexibility index (Phi) is 5.61. The average molecular weight is 356 g/mol. The van der Waals surface area contributed by atoms with Crippen LogP contribution >= 0.6 is 28.3 Å². The van der Waals surface area contributed by atoms with Crippen LogP contribution in [0.15, 0.2) is 33.6 Å². The van der Waals surface area contributed by atoms with E-state index in [4.69, 9.17) is 5.73 Å². The highest BCUT2D eigenvalue weighted by molar-refractivity contribution is 9.10. The van der Waals surface area contributed by atoms with Crippen molar-refractivity contribution in [1.82, 2.24) is 4.31 Å². The van der Waals surface area contributed by atoms with Crippen molar-refractivity contribution in [2.45, 2.75) is 23.8 Å². The van der Waals surface area contributed by atoms with Crippen molar-refractivity contribution in [3.63, 3.8) is 0 Å². The van der Waals surface area contributed by atoms with Crippen molar-refractivity contribution in [2.75, 3.05) is 13.1 Å². The number of nitrogens with zero attached hydrogens (tertiary/aromatic N) is 1. The minimum atomic E-state index is -3.39. The summed E-state index contributed by atoms with van der Waals surface area (Å²) in [5.41, 5.74) is 5.78. The Bertz CT molecular complexity index is 502. The van der Waals surface area contributed by atoms with E-state index in [2.05, 4.69) is 15.9 Å². The maximum atomic E-state index is 12.4. The molecule has 2 rings (SSSR count). The molecule has 4 nitrogen and oxygen atoms in total. The zero-order chi connectivity index (χ0) is 12.5. The first kappa shape index (κ1) is 15.9. The Morgan fingerprint density at radius 2 is 1.78 bits per heavy atom. The number of halogens is 2. The maximum Gasteiger partial charge on any atom is 0.244 e. The van der Waals surface area contributed by atoms with Gasteiger partial charge in [0.1, 0.15) is 0 Å². The smallest absolute Gasteiger partial charge is 0.244 e. The predicted molar refractivity (Wildman–Crippen MR) is 77.4 cm³/mol. The molecule has 1 aromatic carbocycles. The van der Waals surface area contributed by atoms with Gasteiger partial charge >= 0.3 is 0 Å². The molecule has 0 aromatic heterocycles. The van der Waals surface area contributed by atoms with E-state index >= 15 is 0 Å². The van der Waals surface area contributed by atoms with E-state index in [9.17, 15) is 8.42 Å². The number of sulfonamides is 1. The van der Waals surface area contributed by atoms with Gasteiger partial charge in [-0.05, 0) is 40.9 Å². The average Bonchev–Trinajstić information content (AvgIpc) is 2.30. The number of benzene rings is 1. The SMILES string of the molecule is Cl.NC1CCN(S(=O)(=O)c2ccccc2Br)CC1. The van der Waals surface area contributed by atoms with Gasteiger partial charge < -0.3 is 5.73 Å². The van der Waals surface area contributed by atoms with Crippen LogP contribution in [0.1, 0.15) is 12.8 Å². The molecule has 0 atom stereocenters. The van der Waals surface area contributed by atoms with Crippen molar-refractivity contribution >= 4 is 38.4 Å². The second-order valence-corrected chi connectivity index (χ2v) is 6.93. The summed E-state index contributed by atoms with van der Waals surface area (Å²) < 4.78 is 26.9. The molecule has 0 bridgehead atoms. The Hall–Kier alpha value is -0.140. The fourth-order valence-electron chi connectivity index (χ4n) is 1.91. The van der Waals surface area contributed by atoms with Crippen LogP contribution in [0.2, 0.25) is 0 Å². The molecule has 1 aromatic rings. The molecule has 1 saturated heterocycles. The molecule has 0 aliphatic carbocycles. The highest BCUT2D eigenvalue weighted by Crippen LogP contribution is 2.26. The molecule has 1 aliphatic rings. The van der Waals surface area contributed by atoms with E-state index in [1.54, 1.807) is 24.3 Å². The van der Waals surface area contributed by atoms with E-state index in [1.807, 2.05) is 0 Å². The molecular weight excluding hydrogens is 340 g/mol. The summed E-state index contributed by atoms with van der Waals surface area (Å²) in [5.74, 6) is 0. The van der Waals surface area contributed by atoms with Crippen molar-refractivity contribution in [1.29, 1.82) is 0 Å². The van der Waals surface area contributed by atoms with Crippen LogP contribution in [0.25, 0.3) is 0 Å². The fourth-order valence-corrected chi connectivity index (χ4v) is 4.34. The third-order valence-electron chi connectivity index (χ3n) is 2.95. The van der Waals surface area contributed by atoms with Crippen molar-refractivity contribution in [3.05, 3.63) is 28.7 Å². The van der Waals surface area contributed by atoms with E-state index in [-0.39, 0.29) is 18.4 Å². The lowest BCUT2D eigenvalue weighted by Gasteiger charge is -2.29.